The SMILES string of the molecule is CC1Nc2c(F)cccc2N1C. The number of hydrogen-bond acceptors (Lipinski definition) is 2. The summed E-state index contributed by atoms with van der Waals surface area (Å²) < 4.78 is 13.1. The highest BCUT2D eigenvalue weighted by Crippen LogP contribution is 2.34. The highest BCUT2D eigenvalue weighted by molar-refractivity contribution is 5.75. The third-order valence-electron chi connectivity index (χ3n) is 2.31. The van der Waals surface area contributed by atoms with Crippen LogP contribution in [0, 0.1) is 5.82 Å². The number of para-hydroxylation sites is 1. The molecule has 0 spiro atoms. The van der Waals surface area contributed by atoms with Crippen molar-refractivity contribution < 1.29 is 4.39 Å². The summed E-state index contributed by atoms with van der Waals surface area (Å²) in [5.74, 6) is -0.177. The van der Waals surface area contributed by atoms with Gasteiger partial charge in [0.15, 0.2) is 0 Å². The third-order valence-corrected chi connectivity index (χ3v) is 2.31. The molecule has 1 N–H and O–H groups in total. The van der Waals surface area contributed by atoms with Crippen molar-refractivity contribution in [2.75, 3.05) is 17.3 Å². The lowest BCUT2D eigenvalue weighted by molar-refractivity contribution is 0.631. The van der Waals surface area contributed by atoms with Gasteiger partial charge in [0.2, 0.25) is 0 Å². The first-order valence-electron chi connectivity index (χ1n) is 3.98. The maximum Gasteiger partial charge on any atom is 0.148 e. The molecule has 1 aliphatic rings. The maximum atomic E-state index is 13.1. The average Bonchev–Trinajstić information content (AvgIpc) is 2.32. The Hall–Kier alpha value is -1.25. The lowest BCUT2D eigenvalue weighted by Gasteiger charge is -2.16. The van der Waals surface area contributed by atoms with Gasteiger partial charge in [0.05, 0.1) is 17.5 Å². The predicted octanol–water partition coefficient (Wildman–Crippen LogP) is 2.03. The van der Waals surface area contributed by atoms with E-state index in [1.165, 1.54) is 6.07 Å². The van der Waals surface area contributed by atoms with Crippen LogP contribution in [0.3, 0.4) is 0 Å². The predicted molar refractivity (Wildman–Crippen MR) is 47.9 cm³/mol. The summed E-state index contributed by atoms with van der Waals surface area (Å²) >= 11 is 0. The Balaban J connectivity index is 2.53. The Morgan fingerprint density at radius 1 is 1.50 bits per heavy atom. The number of benzene rings is 1. The Bertz CT molecular complexity index is 311. The molecular weight excluding hydrogens is 155 g/mol. The van der Waals surface area contributed by atoms with Gasteiger partial charge in [-0.2, -0.15) is 0 Å². The molecule has 1 aliphatic heterocycles. The maximum absolute atomic E-state index is 13.1. The van der Waals surface area contributed by atoms with Crippen LogP contribution in [-0.2, 0) is 0 Å². The molecule has 0 fully saturated rings. The molecule has 0 aromatic heterocycles. The number of halogens is 1. The first kappa shape index (κ1) is 7.40. The average molecular weight is 166 g/mol. The highest BCUT2D eigenvalue weighted by Gasteiger charge is 2.23. The standard InChI is InChI=1S/C9H11FN2/c1-6-11-9-7(10)4-3-5-8(9)12(6)2/h3-6,11H,1-2H3. The molecule has 1 heterocycles. The van der Waals surface area contributed by atoms with Crippen molar-refractivity contribution >= 4 is 11.4 Å². The summed E-state index contributed by atoms with van der Waals surface area (Å²) in [6, 6.07) is 5.11. The molecule has 64 valence electrons. The van der Waals surface area contributed by atoms with Gasteiger partial charge < -0.3 is 10.2 Å². The fourth-order valence-electron chi connectivity index (χ4n) is 1.46. The zero-order chi connectivity index (χ0) is 8.72. The first-order valence-corrected chi connectivity index (χ1v) is 3.98. The van der Waals surface area contributed by atoms with E-state index in [4.69, 9.17) is 0 Å². The van der Waals surface area contributed by atoms with Crippen molar-refractivity contribution in [3.05, 3.63) is 24.0 Å². The number of rotatable bonds is 0. The molecule has 0 radical (unpaired) electrons. The molecule has 1 aromatic carbocycles. The minimum Gasteiger partial charge on any atom is -0.361 e. The van der Waals surface area contributed by atoms with Crippen molar-refractivity contribution in [3.8, 4) is 0 Å². The van der Waals surface area contributed by atoms with Crippen molar-refractivity contribution in [1.82, 2.24) is 0 Å². The minimum absolute atomic E-state index is 0.177. The van der Waals surface area contributed by atoms with E-state index < -0.39 is 0 Å². The summed E-state index contributed by atoms with van der Waals surface area (Å²) in [7, 11) is 1.95. The molecule has 0 saturated carbocycles. The largest absolute Gasteiger partial charge is 0.361 e. The Labute approximate surface area is 71.0 Å². The van der Waals surface area contributed by atoms with Crippen molar-refractivity contribution in [2.24, 2.45) is 0 Å². The van der Waals surface area contributed by atoms with Gasteiger partial charge in [-0.3, -0.25) is 0 Å². The van der Waals surface area contributed by atoms with E-state index in [0.717, 1.165) is 5.69 Å². The third kappa shape index (κ3) is 0.858. The molecule has 0 saturated heterocycles. The fraction of sp³-hybridized carbons (Fsp3) is 0.333. The zero-order valence-corrected chi connectivity index (χ0v) is 7.13. The fourth-order valence-corrected chi connectivity index (χ4v) is 1.46. The number of hydrogen-bond donors (Lipinski definition) is 1. The molecule has 12 heavy (non-hydrogen) atoms. The molecule has 0 bridgehead atoms. The molecule has 3 heteroatoms. The van der Waals surface area contributed by atoms with Crippen LogP contribution in [0.15, 0.2) is 18.2 Å². The van der Waals surface area contributed by atoms with E-state index >= 15 is 0 Å². The number of fused-ring (bicyclic) bond motifs is 1. The number of nitrogens with one attached hydrogen (secondary N) is 1. The van der Waals surface area contributed by atoms with Gasteiger partial charge in [-0.05, 0) is 19.1 Å². The second kappa shape index (κ2) is 2.37. The second-order valence-electron chi connectivity index (χ2n) is 3.07. The molecule has 2 nitrogen and oxygen atoms in total. The summed E-state index contributed by atoms with van der Waals surface area (Å²) in [6.07, 6.45) is 0.178. The van der Waals surface area contributed by atoms with Gasteiger partial charge in [0.25, 0.3) is 0 Å². The Kier molecular flexibility index (Phi) is 1.46. The summed E-state index contributed by atoms with van der Waals surface area (Å²) in [6.45, 7) is 2.00. The molecule has 1 aromatic rings. The molecule has 0 amide bonds. The second-order valence-corrected chi connectivity index (χ2v) is 3.07. The Morgan fingerprint density at radius 2 is 2.25 bits per heavy atom. The topological polar surface area (TPSA) is 15.3 Å². The smallest absolute Gasteiger partial charge is 0.148 e. The van der Waals surface area contributed by atoms with Gasteiger partial charge in [-0.1, -0.05) is 6.07 Å². The van der Waals surface area contributed by atoms with Gasteiger partial charge in [0.1, 0.15) is 5.82 Å². The monoisotopic (exact) mass is 166 g/mol. The van der Waals surface area contributed by atoms with Crippen molar-refractivity contribution in [1.29, 1.82) is 0 Å². The zero-order valence-electron chi connectivity index (χ0n) is 7.13. The minimum atomic E-state index is -0.177. The summed E-state index contributed by atoms with van der Waals surface area (Å²) in [5, 5.41) is 3.07. The van der Waals surface area contributed by atoms with E-state index in [2.05, 4.69) is 5.32 Å². The molecule has 1 atom stereocenters. The van der Waals surface area contributed by atoms with Crippen LogP contribution in [0.1, 0.15) is 6.92 Å². The quantitative estimate of drug-likeness (QED) is 0.634. The molecule has 0 aliphatic carbocycles. The van der Waals surface area contributed by atoms with E-state index in [-0.39, 0.29) is 12.0 Å². The van der Waals surface area contributed by atoms with Crippen LogP contribution in [-0.4, -0.2) is 13.2 Å². The van der Waals surface area contributed by atoms with E-state index in [1.807, 2.05) is 24.9 Å². The van der Waals surface area contributed by atoms with Gasteiger partial charge >= 0.3 is 0 Å². The normalized spacial score (nSPS) is 20.6. The number of anilines is 2. The van der Waals surface area contributed by atoms with Crippen LogP contribution in [0.5, 0.6) is 0 Å². The van der Waals surface area contributed by atoms with Crippen LogP contribution in [0.25, 0.3) is 0 Å². The number of nitrogens with zero attached hydrogens (tertiary/aromatic N) is 1. The van der Waals surface area contributed by atoms with Crippen molar-refractivity contribution in [2.45, 2.75) is 13.1 Å². The van der Waals surface area contributed by atoms with Gasteiger partial charge in [-0.25, -0.2) is 4.39 Å². The van der Waals surface area contributed by atoms with Gasteiger partial charge in [-0.15, -0.1) is 0 Å². The summed E-state index contributed by atoms with van der Waals surface area (Å²) in [5.41, 5.74) is 1.55. The van der Waals surface area contributed by atoms with Crippen LogP contribution in [0.2, 0.25) is 0 Å². The highest BCUT2D eigenvalue weighted by atomic mass is 19.1. The summed E-state index contributed by atoms with van der Waals surface area (Å²) in [4.78, 5) is 2.01. The van der Waals surface area contributed by atoms with Crippen molar-refractivity contribution in [3.63, 3.8) is 0 Å². The van der Waals surface area contributed by atoms with E-state index in [0.29, 0.717) is 5.69 Å². The van der Waals surface area contributed by atoms with E-state index in [1.54, 1.807) is 6.07 Å². The molecule has 1 unspecified atom stereocenters. The molecule has 2 rings (SSSR count). The molecular formula is C9H11FN2. The van der Waals surface area contributed by atoms with Crippen LogP contribution in [0.4, 0.5) is 15.8 Å². The van der Waals surface area contributed by atoms with Crippen LogP contribution < -0.4 is 10.2 Å². The first-order chi connectivity index (χ1) is 5.70. The van der Waals surface area contributed by atoms with Crippen LogP contribution >= 0.6 is 0 Å². The lowest BCUT2D eigenvalue weighted by atomic mass is 10.2. The Morgan fingerprint density at radius 3 is 2.92 bits per heavy atom. The van der Waals surface area contributed by atoms with E-state index in [9.17, 15) is 4.39 Å². The lowest BCUT2D eigenvalue weighted by Crippen LogP contribution is -2.28. The van der Waals surface area contributed by atoms with Gasteiger partial charge in [0, 0.05) is 7.05 Å².